The summed E-state index contributed by atoms with van der Waals surface area (Å²) in [6, 6.07) is 5.80. The molecular formula is C30H31F6NO5. The minimum atomic E-state index is -5.02. The van der Waals surface area contributed by atoms with Crippen molar-refractivity contribution < 1.29 is 50.1 Å². The molecule has 42 heavy (non-hydrogen) atoms. The van der Waals surface area contributed by atoms with Gasteiger partial charge in [-0.25, -0.2) is 4.79 Å². The van der Waals surface area contributed by atoms with Crippen LogP contribution < -0.4 is 4.74 Å². The number of cyclic esters (lactones) is 1. The fourth-order valence-electron chi connectivity index (χ4n) is 5.51. The number of methoxy groups -OCH3 is 1. The number of carbonyl (C=O) groups is 2. The maximum atomic E-state index is 13.5. The second kappa shape index (κ2) is 11.9. The van der Waals surface area contributed by atoms with Crippen molar-refractivity contribution >= 4 is 17.6 Å². The normalized spacial score (nSPS) is 20.4. The zero-order valence-corrected chi connectivity index (χ0v) is 23.5. The summed E-state index contributed by atoms with van der Waals surface area (Å²) in [6.07, 6.45) is -9.79. The quantitative estimate of drug-likeness (QED) is 0.237. The summed E-state index contributed by atoms with van der Waals surface area (Å²) in [5, 5.41) is 0. The summed E-state index contributed by atoms with van der Waals surface area (Å²) in [4.78, 5) is 25.8. The van der Waals surface area contributed by atoms with E-state index >= 15 is 0 Å². The van der Waals surface area contributed by atoms with Crippen LogP contribution in [0.25, 0.3) is 5.57 Å². The van der Waals surface area contributed by atoms with E-state index in [1.165, 1.54) is 25.9 Å². The summed E-state index contributed by atoms with van der Waals surface area (Å²) in [5.41, 5.74) is -0.0431. The Morgan fingerprint density at radius 3 is 2.21 bits per heavy atom. The molecule has 1 heterocycles. The number of hydrogen-bond acceptors (Lipinski definition) is 5. The monoisotopic (exact) mass is 599 g/mol. The van der Waals surface area contributed by atoms with Gasteiger partial charge in [-0.3, -0.25) is 9.69 Å². The first-order valence-electron chi connectivity index (χ1n) is 13.4. The number of amides is 1. The molecule has 0 radical (unpaired) electrons. The number of esters is 1. The average Bonchev–Trinajstić information content (AvgIpc) is 3.20. The van der Waals surface area contributed by atoms with Crippen LogP contribution in [0.5, 0.6) is 5.75 Å². The van der Waals surface area contributed by atoms with Crippen LogP contribution in [0.15, 0.2) is 42.0 Å². The first-order chi connectivity index (χ1) is 19.6. The molecule has 2 aromatic carbocycles. The van der Waals surface area contributed by atoms with Crippen molar-refractivity contribution in [2.45, 2.75) is 77.1 Å². The third-order valence-corrected chi connectivity index (χ3v) is 7.63. The number of hydrogen-bond donors (Lipinski definition) is 0. The van der Waals surface area contributed by atoms with Gasteiger partial charge in [0.05, 0.1) is 24.3 Å². The van der Waals surface area contributed by atoms with E-state index in [0.717, 1.165) is 35.1 Å². The largest absolute Gasteiger partial charge is 0.496 e. The van der Waals surface area contributed by atoms with E-state index in [9.17, 15) is 35.9 Å². The van der Waals surface area contributed by atoms with Gasteiger partial charge in [0.25, 0.3) is 0 Å². The van der Waals surface area contributed by atoms with Gasteiger partial charge in [0.15, 0.2) is 0 Å². The Morgan fingerprint density at radius 1 is 1.02 bits per heavy atom. The molecule has 0 N–H and O–H groups in total. The van der Waals surface area contributed by atoms with Crippen LogP contribution in [0, 0.1) is 0 Å². The number of rotatable bonds is 7. The van der Waals surface area contributed by atoms with Gasteiger partial charge in [-0.15, -0.1) is 0 Å². The Hall–Kier alpha value is -3.70. The summed E-state index contributed by atoms with van der Waals surface area (Å²) in [5.74, 6) is 0.137. The SMILES string of the molecule is COc1ccc(C(C)OC(C)=O)cc1C1=C(CN2C(=O)O[C@H](c3cc(C(F)(F)F)cc(C(F)(F)F)c3)[C@@H]2C)CCCC1. The Morgan fingerprint density at radius 2 is 1.64 bits per heavy atom. The standard InChI is InChI=1S/C30H31F6NO5/c1-16-27(21-11-22(29(31,32)33)14-23(12-21)30(34,35)36)42-28(39)37(16)15-20-7-5-6-8-24(20)25-13-19(9-10-26(25)40-4)17(2)41-18(3)38/h9-14,16-17,27H,5-8,15H2,1-4H3/t16-,17?,27-/m0/s1. The molecule has 1 saturated heterocycles. The van der Waals surface area contributed by atoms with E-state index in [1.54, 1.807) is 19.1 Å². The van der Waals surface area contributed by atoms with Gasteiger partial charge in [0, 0.05) is 19.0 Å². The highest BCUT2D eigenvalue weighted by atomic mass is 19.4. The summed E-state index contributed by atoms with van der Waals surface area (Å²) >= 11 is 0. The fourth-order valence-corrected chi connectivity index (χ4v) is 5.51. The highest BCUT2D eigenvalue weighted by Crippen LogP contribution is 2.43. The molecule has 1 aliphatic heterocycles. The van der Waals surface area contributed by atoms with Gasteiger partial charge >= 0.3 is 24.4 Å². The average molecular weight is 600 g/mol. The van der Waals surface area contributed by atoms with Crippen LogP contribution >= 0.6 is 0 Å². The van der Waals surface area contributed by atoms with E-state index in [1.807, 2.05) is 6.07 Å². The van der Waals surface area contributed by atoms with Crippen LogP contribution in [0.4, 0.5) is 31.1 Å². The van der Waals surface area contributed by atoms with E-state index in [4.69, 9.17) is 14.2 Å². The number of benzene rings is 2. The number of halogens is 6. The van der Waals surface area contributed by atoms with Crippen LogP contribution in [0.2, 0.25) is 0 Å². The molecule has 12 heteroatoms. The third-order valence-electron chi connectivity index (χ3n) is 7.63. The molecule has 1 amide bonds. The van der Waals surface area contributed by atoms with Crippen LogP contribution in [-0.2, 0) is 26.6 Å². The molecule has 3 atom stereocenters. The lowest BCUT2D eigenvalue weighted by atomic mass is 9.85. The van der Waals surface area contributed by atoms with Gasteiger partial charge in [0.2, 0.25) is 0 Å². The minimum absolute atomic E-state index is 0.0473. The van der Waals surface area contributed by atoms with E-state index in [0.29, 0.717) is 30.7 Å². The zero-order valence-electron chi connectivity index (χ0n) is 23.5. The van der Waals surface area contributed by atoms with Gasteiger partial charge in [-0.2, -0.15) is 26.3 Å². The maximum Gasteiger partial charge on any atom is 0.416 e. The first kappa shape index (κ1) is 31.2. The molecule has 2 aromatic rings. The van der Waals surface area contributed by atoms with Gasteiger partial charge in [-0.1, -0.05) is 6.07 Å². The molecule has 228 valence electrons. The number of ether oxygens (including phenoxy) is 3. The summed E-state index contributed by atoms with van der Waals surface area (Å²) in [6.45, 7) is 4.66. The zero-order chi connectivity index (χ0) is 31.0. The molecule has 0 aromatic heterocycles. The lowest BCUT2D eigenvalue weighted by Crippen LogP contribution is -2.34. The topological polar surface area (TPSA) is 65.1 Å². The van der Waals surface area contributed by atoms with Gasteiger partial charge < -0.3 is 14.2 Å². The van der Waals surface area contributed by atoms with Gasteiger partial charge in [0.1, 0.15) is 18.0 Å². The fraction of sp³-hybridized carbons (Fsp3) is 0.467. The third kappa shape index (κ3) is 6.68. The number of nitrogens with zero attached hydrogens (tertiary/aromatic N) is 1. The van der Waals surface area contributed by atoms with Crippen molar-refractivity contribution in [1.29, 1.82) is 0 Å². The first-order valence-corrected chi connectivity index (χ1v) is 13.4. The van der Waals surface area contributed by atoms with Crippen molar-refractivity contribution in [2.24, 2.45) is 0 Å². The van der Waals surface area contributed by atoms with Crippen LogP contribution in [0.3, 0.4) is 0 Å². The lowest BCUT2D eigenvalue weighted by molar-refractivity contribution is -0.146. The highest BCUT2D eigenvalue weighted by Gasteiger charge is 2.43. The van der Waals surface area contributed by atoms with Crippen LogP contribution in [-0.4, -0.2) is 36.7 Å². The Bertz CT molecular complexity index is 1350. The maximum absolute atomic E-state index is 13.5. The highest BCUT2D eigenvalue weighted by molar-refractivity contribution is 5.77. The number of carbonyl (C=O) groups excluding carboxylic acids is 2. The molecule has 4 rings (SSSR count). The van der Waals surface area contributed by atoms with Crippen molar-refractivity contribution in [1.82, 2.24) is 4.90 Å². The van der Waals surface area contributed by atoms with Crippen molar-refractivity contribution in [2.75, 3.05) is 13.7 Å². The molecule has 0 saturated carbocycles. The summed E-state index contributed by atoms with van der Waals surface area (Å²) < 4.78 is 97.1. The summed E-state index contributed by atoms with van der Waals surface area (Å²) in [7, 11) is 1.52. The van der Waals surface area contributed by atoms with Crippen molar-refractivity contribution in [3.05, 3.63) is 69.8 Å². The predicted molar refractivity (Wildman–Crippen MR) is 140 cm³/mol. The number of allylic oxidation sites excluding steroid dienone is 1. The molecule has 6 nitrogen and oxygen atoms in total. The molecule has 1 unspecified atom stereocenters. The molecular weight excluding hydrogens is 568 g/mol. The molecule has 0 bridgehead atoms. The lowest BCUT2D eigenvalue weighted by Gasteiger charge is -2.28. The Labute approximate surface area is 239 Å². The molecule has 2 aliphatic rings. The predicted octanol–water partition coefficient (Wildman–Crippen LogP) is 8.27. The second-order valence-electron chi connectivity index (χ2n) is 10.5. The van der Waals surface area contributed by atoms with Gasteiger partial charge in [-0.05, 0) is 92.1 Å². The van der Waals surface area contributed by atoms with E-state index < -0.39 is 53.8 Å². The molecule has 1 fully saturated rings. The Kier molecular flexibility index (Phi) is 8.84. The Balaban J connectivity index is 1.69. The van der Waals surface area contributed by atoms with E-state index in [-0.39, 0.29) is 18.2 Å². The second-order valence-corrected chi connectivity index (χ2v) is 10.5. The minimum Gasteiger partial charge on any atom is -0.496 e. The molecule has 0 spiro atoms. The van der Waals surface area contributed by atoms with Crippen LogP contribution in [0.1, 0.15) is 86.5 Å². The van der Waals surface area contributed by atoms with Crippen molar-refractivity contribution in [3.63, 3.8) is 0 Å². The molecule has 1 aliphatic carbocycles. The van der Waals surface area contributed by atoms with E-state index in [2.05, 4.69) is 0 Å². The number of alkyl halides is 6. The van der Waals surface area contributed by atoms with Crippen molar-refractivity contribution in [3.8, 4) is 5.75 Å². The smallest absolute Gasteiger partial charge is 0.416 e.